The van der Waals surface area contributed by atoms with Gasteiger partial charge in [-0.05, 0) is 22.0 Å². The summed E-state index contributed by atoms with van der Waals surface area (Å²) in [7, 11) is 0. The smallest absolute Gasteiger partial charge is 0.343 e. The first-order chi connectivity index (χ1) is 7.24. The van der Waals surface area contributed by atoms with E-state index in [1.807, 2.05) is 12.1 Å². The molecule has 1 N–H and O–H groups in total. The molecular formula is C11H9BrO3. The van der Waals surface area contributed by atoms with E-state index in [1.54, 1.807) is 12.1 Å². The average molecular weight is 269 g/mol. The Kier molecular flexibility index (Phi) is 2.88. The molecule has 3 nitrogen and oxygen atoms in total. The van der Waals surface area contributed by atoms with Crippen LogP contribution in [0.3, 0.4) is 0 Å². The van der Waals surface area contributed by atoms with E-state index in [1.165, 1.54) is 0 Å². The highest BCUT2D eigenvalue weighted by Gasteiger charge is 2.10. The van der Waals surface area contributed by atoms with Crippen LogP contribution in [0.5, 0.6) is 0 Å². The van der Waals surface area contributed by atoms with Gasteiger partial charge in [-0.1, -0.05) is 18.2 Å². The van der Waals surface area contributed by atoms with Crippen LogP contribution in [0, 0.1) is 0 Å². The second kappa shape index (κ2) is 4.16. The van der Waals surface area contributed by atoms with Crippen molar-refractivity contribution in [2.24, 2.45) is 0 Å². The molecule has 2 aromatic rings. The predicted molar refractivity (Wildman–Crippen MR) is 61.0 cm³/mol. The molecule has 1 aromatic heterocycles. The summed E-state index contributed by atoms with van der Waals surface area (Å²) < 4.78 is 5.84. The van der Waals surface area contributed by atoms with Gasteiger partial charge in [0.05, 0.1) is 16.5 Å². The molecule has 0 saturated heterocycles. The van der Waals surface area contributed by atoms with Gasteiger partial charge in [-0.2, -0.15) is 0 Å². The number of aliphatic hydroxyl groups is 1. The van der Waals surface area contributed by atoms with Crippen molar-refractivity contribution in [2.45, 2.75) is 6.42 Å². The molecule has 0 fully saturated rings. The number of hydrogen-bond acceptors (Lipinski definition) is 3. The molecule has 0 saturated carbocycles. The second-order valence-electron chi connectivity index (χ2n) is 3.15. The summed E-state index contributed by atoms with van der Waals surface area (Å²) in [4.78, 5) is 11.6. The third-order valence-corrected chi connectivity index (χ3v) is 3.05. The van der Waals surface area contributed by atoms with Gasteiger partial charge in [0.25, 0.3) is 0 Å². The van der Waals surface area contributed by atoms with Gasteiger partial charge in [0.2, 0.25) is 0 Å². The van der Waals surface area contributed by atoms with E-state index in [9.17, 15) is 4.79 Å². The van der Waals surface area contributed by atoms with Crippen LogP contribution in [0.4, 0.5) is 0 Å². The minimum Gasteiger partial charge on any atom is -0.426 e. The molecule has 0 bridgehead atoms. The minimum absolute atomic E-state index is 0.0418. The van der Waals surface area contributed by atoms with Crippen LogP contribution in [0.15, 0.2) is 37.9 Å². The van der Waals surface area contributed by atoms with E-state index in [2.05, 4.69) is 15.9 Å². The molecule has 15 heavy (non-hydrogen) atoms. The van der Waals surface area contributed by atoms with Crippen molar-refractivity contribution in [3.8, 4) is 0 Å². The first-order valence-electron chi connectivity index (χ1n) is 4.55. The Morgan fingerprint density at radius 1 is 1.27 bits per heavy atom. The quantitative estimate of drug-likeness (QED) is 0.908. The van der Waals surface area contributed by atoms with E-state index >= 15 is 0 Å². The van der Waals surface area contributed by atoms with Crippen LogP contribution in [0.1, 0.15) is 5.76 Å². The van der Waals surface area contributed by atoms with Gasteiger partial charge in [-0.15, -0.1) is 0 Å². The topological polar surface area (TPSA) is 50.4 Å². The van der Waals surface area contributed by atoms with Crippen LogP contribution in [-0.2, 0) is 6.42 Å². The molecule has 1 heterocycles. The summed E-state index contributed by atoms with van der Waals surface area (Å²) in [6.45, 7) is -0.0418. The van der Waals surface area contributed by atoms with Crippen molar-refractivity contribution < 1.29 is 9.52 Å². The molecule has 0 spiro atoms. The summed E-state index contributed by atoms with van der Waals surface area (Å²) in [6, 6.07) is 7.21. The number of aliphatic hydroxyl groups excluding tert-OH is 1. The fourth-order valence-electron chi connectivity index (χ4n) is 1.48. The molecule has 0 atom stereocenters. The van der Waals surface area contributed by atoms with Crippen molar-refractivity contribution in [1.29, 1.82) is 0 Å². The average Bonchev–Trinajstić information content (AvgIpc) is 2.26. The highest BCUT2D eigenvalue weighted by atomic mass is 79.9. The molecule has 0 unspecified atom stereocenters. The molecule has 0 aliphatic carbocycles. The Morgan fingerprint density at radius 2 is 1.93 bits per heavy atom. The summed E-state index contributed by atoms with van der Waals surface area (Å²) >= 11 is 3.37. The Labute approximate surface area is 94.5 Å². The number of rotatable bonds is 2. The lowest BCUT2D eigenvalue weighted by molar-refractivity contribution is 0.284. The normalized spacial score (nSPS) is 10.8. The third kappa shape index (κ3) is 1.82. The van der Waals surface area contributed by atoms with E-state index in [-0.39, 0.29) is 12.2 Å². The lowest BCUT2D eigenvalue weighted by atomic mass is 10.1. The van der Waals surface area contributed by atoms with Crippen molar-refractivity contribution in [3.05, 3.63) is 44.9 Å². The fourth-order valence-corrected chi connectivity index (χ4v) is 2.10. The minimum atomic E-state index is -0.364. The van der Waals surface area contributed by atoms with E-state index in [4.69, 9.17) is 9.52 Å². The van der Waals surface area contributed by atoms with Crippen LogP contribution in [0.25, 0.3) is 10.8 Å². The van der Waals surface area contributed by atoms with Crippen molar-refractivity contribution in [3.63, 3.8) is 0 Å². The van der Waals surface area contributed by atoms with Gasteiger partial charge in [0.15, 0.2) is 0 Å². The third-order valence-electron chi connectivity index (χ3n) is 2.18. The maximum absolute atomic E-state index is 11.6. The Morgan fingerprint density at radius 3 is 2.60 bits per heavy atom. The largest absolute Gasteiger partial charge is 0.426 e. The number of hydrogen-bond donors (Lipinski definition) is 1. The Balaban J connectivity index is 2.79. The standard InChI is InChI=1S/C11H9BrO3/c12-10-7-3-1-2-4-8(7)11(14)15-9(10)5-6-13/h1-4,13H,5-6H2. The zero-order valence-electron chi connectivity index (χ0n) is 7.87. The summed E-state index contributed by atoms with van der Waals surface area (Å²) in [5.41, 5.74) is -0.364. The Bertz CT molecular complexity index is 545. The zero-order chi connectivity index (χ0) is 10.8. The van der Waals surface area contributed by atoms with E-state index < -0.39 is 0 Å². The summed E-state index contributed by atoms with van der Waals surface area (Å²) in [6.07, 6.45) is 0.334. The lowest BCUT2D eigenvalue weighted by Crippen LogP contribution is -2.04. The van der Waals surface area contributed by atoms with Gasteiger partial charge in [0, 0.05) is 11.8 Å². The maximum Gasteiger partial charge on any atom is 0.343 e. The predicted octanol–water partition coefficient (Wildman–Crippen LogP) is 2.09. The first kappa shape index (κ1) is 10.4. The molecule has 78 valence electrons. The monoisotopic (exact) mass is 268 g/mol. The maximum atomic E-state index is 11.6. The zero-order valence-corrected chi connectivity index (χ0v) is 9.45. The van der Waals surface area contributed by atoms with Crippen LogP contribution < -0.4 is 5.63 Å². The molecule has 0 aliphatic heterocycles. The fraction of sp³-hybridized carbons (Fsp3) is 0.182. The molecular weight excluding hydrogens is 260 g/mol. The summed E-state index contributed by atoms with van der Waals surface area (Å²) in [5, 5.41) is 10.2. The summed E-state index contributed by atoms with van der Waals surface area (Å²) in [5.74, 6) is 0.487. The van der Waals surface area contributed by atoms with Crippen LogP contribution in [-0.4, -0.2) is 11.7 Å². The van der Waals surface area contributed by atoms with Gasteiger partial charge >= 0.3 is 5.63 Å². The van der Waals surface area contributed by atoms with E-state index in [0.717, 1.165) is 9.86 Å². The lowest BCUT2D eigenvalue weighted by Gasteiger charge is -2.04. The SMILES string of the molecule is O=c1oc(CCO)c(Br)c2ccccc12. The number of benzene rings is 1. The molecule has 0 aliphatic rings. The van der Waals surface area contributed by atoms with Crippen molar-refractivity contribution in [2.75, 3.05) is 6.61 Å². The van der Waals surface area contributed by atoms with Crippen molar-refractivity contribution in [1.82, 2.24) is 0 Å². The molecule has 1 aromatic carbocycles. The molecule has 0 radical (unpaired) electrons. The molecule has 0 amide bonds. The number of fused-ring (bicyclic) bond motifs is 1. The van der Waals surface area contributed by atoms with Gasteiger partial charge in [-0.3, -0.25) is 0 Å². The second-order valence-corrected chi connectivity index (χ2v) is 3.94. The van der Waals surface area contributed by atoms with Gasteiger partial charge in [0.1, 0.15) is 5.76 Å². The highest BCUT2D eigenvalue weighted by Crippen LogP contribution is 2.25. The molecule has 4 heteroatoms. The first-order valence-corrected chi connectivity index (χ1v) is 5.34. The molecule has 2 rings (SSSR count). The Hall–Kier alpha value is -1.13. The van der Waals surface area contributed by atoms with Crippen LogP contribution >= 0.6 is 15.9 Å². The van der Waals surface area contributed by atoms with Gasteiger partial charge in [-0.25, -0.2) is 4.79 Å². The van der Waals surface area contributed by atoms with Crippen LogP contribution in [0.2, 0.25) is 0 Å². The highest BCUT2D eigenvalue weighted by molar-refractivity contribution is 9.10. The number of halogens is 1. The van der Waals surface area contributed by atoms with E-state index in [0.29, 0.717) is 17.6 Å². The van der Waals surface area contributed by atoms with Gasteiger partial charge < -0.3 is 9.52 Å². The van der Waals surface area contributed by atoms with Crippen molar-refractivity contribution >= 4 is 26.7 Å².